The van der Waals surface area contributed by atoms with E-state index < -0.39 is 0 Å². The molecule has 0 amide bonds. The molecule has 0 radical (unpaired) electrons. The molecule has 6 aromatic carbocycles. The molecule has 0 aliphatic heterocycles. The Kier molecular flexibility index (Phi) is 15.5. The van der Waals surface area contributed by atoms with E-state index in [2.05, 4.69) is 173 Å². The smallest absolute Gasteiger partial charge is 0.382 e. The molecular formula is C52H61LiN3O+. The van der Waals surface area contributed by atoms with Gasteiger partial charge < -0.3 is 4.74 Å². The molecular weight excluding hydrogens is 690 g/mol. The first-order chi connectivity index (χ1) is 26.7. The summed E-state index contributed by atoms with van der Waals surface area (Å²) in [4.78, 5) is 0. The molecule has 0 aliphatic rings. The molecule has 0 atom stereocenters. The first kappa shape index (κ1) is 45.0. The Morgan fingerprint density at radius 2 is 0.702 bits per heavy atom. The Labute approximate surface area is 355 Å². The summed E-state index contributed by atoms with van der Waals surface area (Å²) in [6, 6.07) is 31.3. The van der Waals surface area contributed by atoms with Crippen molar-refractivity contribution in [2.45, 2.75) is 96.9 Å². The molecule has 0 bridgehead atoms. The van der Waals surface area contributed by atoms with Crippen LogP contribution in [0.3, 0.4) is 0 Å². The molecule has 0 unspecified atom stereocenters. The van der Waals surface area contributed by atoms with Gasteiger partial charge in [0.05, 0.1) is 5.69 Å². The SMILES string of the molecule is CCOCC.Cc1cc(C)c(-c2cccc(-c3c(C)cc(C)cc3C)c2[N-]N=[NH+]c2c(-c3c(C)cc(C)cc3C)cccc2-c2c(C)cc(C)cc2C)c(C)c1.[Li+]. The Morgan fingerprint density at radius 1 is 0.439 bits per heavy atom. The fourth-order valence-electron chi connectivity index (χ4n) is 8.89. The van der Waals surface area contributed by atoms with Gasteiger partial charge in [-0.3, -0.25) is 5.11 Å². The van der Waals surface area contributed by atoms with Gasteiger partial charge in [0.25, 0.3) is 0 Å². The number of benzene rings is 6. The van der Waals surface area contributed by atoms with Crippen molar-refractivity contribution in [1.29, 1.82) is 0 Å². The second-order valence-corrected chi connectivity index (χ2v) is 15.6. The van der Waals surface area contributed by atoms with Gasteiger partial charge in [-0.05, 0) is 164 Å². The van der Waals surface area contributed by atoms with Gasteiger partial charge in [0.15, 0.2) is 0 Å². The van der Waals surface area contributed by atoms with Crippen molar-refractivity contribution in [3.05, 3.63) is 157 Å². The van der Waals surface area contributed by atoms with Gasteiger partial charge in [0.2, 0.25) is 0 Å². The zero-order valence-corrected chi connectivity index (χ0v) is 37.3. The van der Waals surface area contributed by atoms with E-state index in [1.165, 1.54) is 89.0 Å². The van der Waals surface area contributed by atoms with E-state index in [0.29, 0.717) is 0 Å². The second-order valence-electron chi connectivity index (χ2n) is 15.6. The van der Waals surface area contributed by atoms with Crippen LogP contribution in [0.2, 0.25) is 0 Å². The standard InChI is InChI=1S/C48H50N3.C4H10O.Li/c1-27-19-31(5)43(32(6)20-27)39-15-13-16-40(44-33(7)21-28(2)22-34(44)8)47(39)49-51-50-48-41(45-35(9)23-29(3)24-36(45)10)17-14-18-42(48)46-37(11)25-30(4)26-38(46)12;1-3-5-4-2;/h13-26H,1-12H3;3-4H2,1-2H3;/q-1;;+1/p+1. The molecule has 1 N–H and O–H groups in total. The van der Waals surface area contributed by atoms with Crippen molar-refractivity contribution in [2.75, 3.05) is 13.2 Å². The minimum atomic E-state index is 0. The predicted molar refractivity (Wildman–Crippen MR) is 240 cm³/mol. The van der Waals surface area contributed by atoms with Crippen molar-refractivity contribution < 1.29 is 28.7 Å². The van der Waals surface area contributed by atoms with E-state index in [0.717, 1.165) is 46.8 Å². The maximum Gasteiger partial charge on any atom is 1.00 e. The quantitative estimate of drug-likeness (QED) is 0.0893. The topological polar surface area (TPSA) is 49.7 Å². The summed E-state index contributed by atoms with van der Waals surface area (Å²) in [5, 5.41) is 8.50. The normalized spacial score (nSPS) is 11.0. The first-order valence-corrected chi connectivity index (χ1v) is 20.0. The number of nitrogens with one attached hydrogen (secondary N) is 1. The van der Waals surface area contributed by atoms with Crippen LogP contribution in [-0.2, 0) is 4.74 Å². The summed E-state index contributed by atoms with van der Waals surface area (Å²) in [5.41, 5.74) is 31.2. The summed E-state index contributed by atoms with van der Waals surface area (Å²) in [6.45, 7) is 31.9. The molecule has 57 heavy (non-hydrogen) atoms. The molecule has 0 aliphatic carbocycles. The number of hydrogen-bond donors (Lipinski definition) is 1. The molecule has 0 spiro atoms. The molecule has 0 saturated carbocycles. The zero-order chi connectivity index (χ0) is 40.8. The van der Waals surface area contributed by atoms with E-state index in [4.69, 9.17) is 15.4 Å². The van der Waals surface area contributed by atoms with E-state index >= 15 is 0 Å². The summed E-state index contributed by atoms with van der Waals surface area (Å²) < 4.78 is 4.83. The number of rotatable bonds is 9. The van der Waals surface area contributed by atoms with E-state index in [1.54, 1.807) is 0 Å². The van der Waals surface area contributed by atoms with Gasteiger partial charge in [0.1, 0.15) is 5.69 Å². The molecule has 0 fully saturated rings. The van der Waals surface area contributed by atoms with E-state index in [9.17, 15) is 0 Å². The van der Waals surface area contributed by atoms with Crippen molar-refractivity contribution >= 4 is 11.4 Å². The van der Waals surface area contributed by atoms with Gasteiger partial charge in [-0.15, -0.1) is 5.43 Å². The monoisotopic (exact) mass is 750 g/mol. The van der Waals surface area contributed by atoms with Gasteiger partial charge in [-0.2, -0.15) is 0 Å². The third-order valence-corrected chi connectivity index (χ3v) is 10.6. The molecule has 5 heteroatoms. The average Bonchev–Trinajstić information content (AvgIpc) is 3.09. The molecule has 290 valence electrons. The minimum absolute atomic E-state index is 0. The van der Waals surface area contributed by atoms with Crippen LogP contribution in [0.4, 0.5) is 11.4 Å². The largest absolute Gasteiger partial charge is 1.00 e. The maximum atomic E-state index is 5.16. The van der Waals surface area contributed by atoms with Crippen molar-refractivity contribution in [1.82, 2.24) is 0 Å². The second kappa shape index (κ2) is 19.6. The fraction of sp³-hybridized carbons (Fsp3) is 0.308. The first-order valence-electron chi connectivity index (χ1n) is 20.0. The molecule has 6 rings (SSSR count). The van der Waals surface area contributed by atoms with Crippen LogP contribution in [-0.4, -0.2) is 13.2 Å². The van der Waals surface area contributed by atoms with Crippen molar-refractivity contribution in [2.24, 2.45) is 5.22 Å². The van der Waals surface area contributed by atoms with Crippen LogP contribution in [0.15, 0.2) is 90.2 Å². The number of hydrogen-bond acceptors (Lipinski definition) is 2. The Balaban J connectivity index is 0.00000113. The van der Waals surface area contributed by atoms with Crippen LogP contribution in [0.25, 0.3) is 49.9 Å². The zero-order valence-electron chi connectivity index (χ0n) is 37.3. The third-order valence-electron chi connectivity index (χ3n) is 10.6. The van der Waals surface area contributed by atoms with Gasteiger partial charge >= 0.3 is 18.9 Å². The van der Waals surface area contributed by atoms with Crippen LogP contribution in [0, 0.1) is 83.1 Å². The summed E-state index contributed by atoms with van der Waals surface area (Å²) in [6.07, 6.45) is 0. The number of aryl methyl sites for hydroxylation is 12. The van der Waals surface area contributed by atoms with Crippen LogP contribution in [0.1, 0.15) is 80.6 Å². The maximum absolute atomic E-state index is 5.16. The molecule has 4 nitrogen and oxygen atoms in total. The number of nitrogens with zero attached hydrogens (tertiary/aromatic N) is 2. The molecule has 0 saturated heterocycles. The Morgan fingerprint density at radius 3 is 0.965 bits per heavy atom. The van der Waals surface area contributed by atoms with Crippen molar-refractivity contribution in [3.8, 4) is 44.5 Å². The van der Waals surface area contributed by atoms with E-state index in [1.807, 2.05) is 13.8 Å². The van der Waals surface area contributed by atoms with Crippen LogP contribution in [0.5, 0.6) is 0 Å². The fourth-order valence-corrected chi connectivity index (χ4v) is 8.89. The van der Waals surface area contributed by atoms with Gasteiger partial charge in [-0.25, -0.2) is 0 Å². The molecule has 0 aromatic heterocycles. The molecule has 6 aromatic rings. The summed E-state index contributed by atoms with van der Waals surface area (Å²) >= 11 is 0. The third kappa shape index (κ3) is 10.1. The van der Waals surface area contributed by atoms with Gasteiger partial charge in [0, 0.05) is 35.5 Å². The number of ether oxygens (including phenoxy) is 1. The van der Waals surface area contributed by atoms with E-state index in [-0.39, 0.29) is 18.9 Å². The summed E-state index contributed by atoms with van der Waals surface area (Å²) in [7, 11) is 0. The van der Waals surface area contributed by atoms with Crippen molar-refractivity contribution in [3.63, 3.8) is 0 Å². The van der Waals surface area contributed by atoms with Crippen LogP contribution >= 0.6 is 0 Å². The minimum Gasteiger partial charge on any atom is -0.382 e. The predicted octanol–water partition coefficient (Wildman–Crippen LogP) is 10.9. The number of para-hydroxylation sites is 1. The Bertz CT molecular complexity index is 2180. The Hall–Kier alpha value is -4.72. The average molecular weight is 751 g/mol. The van der Waals surface area contributed by atoms with Crippen LogP contribution < -0.4 is 24.0 Å². The molecule has 0 heterocycles. The summed E-state index contributed by atoms with van der Waals surface area (Å²) in [5.74, 6) is 0. The van der Waals surface area contributed by atoms with Gasteiger partial charge in [-0.1, -0.05) is 112 Å².